The van der Waals surface area contributed by atoms with Crippen LogP contribution in [0.5, 0.6) is 5.75 Å². The first-order chi connectivity index (χ1) is 11.8. The second-order valence-corrected chi connectivity index (χ2v) is 5.72. The summed E-state index contributed by atoms with van der Waals surface area (Å²) in [5.74, 6) is 0.0146. The second-order valence-electron chi connectivity index (χ2n) is 5.72. The molecule has 141 valence electrons. The summed E-state index contributed by atoms with van der Waals surface area (Å²) in [6, 6.07) is 8.69. The Morgan fingerprint density at radius 2 is 1.42 bits per heavy atom. The number of hydrogen-bond acceptors (Lipinski definition) is 1. The summed E-state index contributed by atoms with van der Waals surface area (Å²) in [5, 5.41) is 0. The molecule has 0 heterocycles. The van der Waals surface area contributed by atoms with Gasteiger partial charge in [0.15, 0.2) is 0 Å². The largest absolute Gasteiger partial charge is 0.496 e. The van der Waals surface area contributed by atoms with Crippen LogP contribution in [-0.2, 0) is 5.67 Å². The summed E-state index contributed by atoms with van der Waals surface area (Å²) >= 11 is 0. The van der Waals surface area contributed by atoms with Crippen molar-refractivity contribution in [2.24, 2.45) is 0 Å². The van der Waals surface area contributed by atoms with Gasteiger partial charge in [-0.25, -0.2) is 4.39 Å². The van der Waals surface area contributed by atoms with E-state index in [-0.39, 0.29) is 22.4 Å². The molecule has 0 aromatic heterocycles. The first-order valence-corrected chi connectivity index (χ1v) is 7.34. The molecule has 0 aliphatic heterocycles. The van der Waals surface area contributed by atoms with Gasteiger partial charge in [0.25, 0.3) is 0 Å². The Morgan fingerprint density at radius 1 is 0.885 bits per heavy atom. The Morgan fingerprint density at radius 3 is 1.92 bits per heavy atom. The zero-order chi connectivity index (χ0) is 19.9. The van der Waals surface area contributed by atoms with Crippen LogP contribution in [0.2, 0.25) is 0 Å². The molecule has 0 bridgehead atoms. The average molecular weight is 379 g/mol. The van der Waals surface area contributed by atoms with Gasteiger partial charge in [-0.3, -0.25) is 0 Å². The topological polar surface area (TPSA) is 9.23 Å². The van der Waals surface area contributed by atoms with Gasteiger partial charge in [-0.2, -0.15) is 26.3 Å². The fourth-order valence-corrected chi connectivity index (χ4v) is 2.82. The van der Waals surface area contributed by atoms with Gasteiger partial charge in [-0.05, 0) is 42.7 Å². The number of ether oxygens (including phenoxy) is 1. The molecule has 0 aliphatic rings. The van der Waals surface area contributed by atoms with Crippen molar-refractivity contribution in [3.63, 3.8) is 0 Å². The summed E-state index contributed by atoms with van der Waals surface area (Å²) in [5.41, 5.74) is -7.82. The number of para-hydroxylation sites is 1. The summed E-state index contributed by atoms with van der Waals surface area (Å²) in [4.78, 5) is 0. The lowest BCUT2D eigenvalue weighted by molar-refractivity contribution is -0.348. The molecule has 0 fully saturated rings. The van der Waals surface area contributed by atoms with Crippen LogP contribution < -0.4 is 4.74 Å². The minimum Gasteiger partial charge on any atom is -0.496 e. The molecule has 1 radical (unpaired) electrons. The maximum Gasteiger partial charge on any atom is 0.435 e. The van der Waals surface area contributed by atoms with Crippen LogP contribution in [0.3, 0.4) is 0 Å². The monoisotopic (exact) mass is 379 g/mol. The molecule has 1 nitrogen and oxygen atoms in total. The highest BCUT2D eigenvalue weighted by molar-refractivity contribution is 5.77. The summed E-state index contributed by atoms with van der Waals surface area (Å²) in [6.07, 6.45) is -12.4. The van der Waals surface area contributed by atoms with Crippen molar-refractivity contribution in [3.8, 4) is 16.9 Å². The molecule has 0 saturated carbocycles. The molecular weight excluding hydrogens is 365 g/mol. The van der Waals surface area contributed by atoms with E-state index in [9.17, 15) is 30.7 Å². The first-order valence-electron chi connectivity index (χ1n) is 7.34. The van der Waals surface area contributed by atoms with Gasteiger partial charge >= 0.3 is 18.0 Å². The molecule has 0 N–H and O–H groups in total. The molecule has 0 aliphatic carbocycles. The minimum absolute atomic E-state index is 0.0146. The van der Waals surface area contributed by atoms with E-state index in [1.54, 1.807) is 0 Å². The van der Waals surface area contributed by atoms with Gasteiger partial charge in [0.1, 0.15) is 5.75 Å². The highest BCUT2D eigenvalue weighted by Gasteiger charge is 2.74. The maximum atomic E-state index is 14.8. The molecule has 0 amide bonds. The molecule has 8 heteroatoms. The van der Waals surface area contributed by atoms with Gasteiger partial charge in [-0.15, -0.1) is 0 Å². The number of rotatable bonds is 3. The second kappa shape index (κ2) is 6.48. The van der Waals surface area contributed by atoms with Crippen molar-refractivity contribution in [1.82, 2.24) is 0 Å². The van der Waals surface area contributed by atoms with Crippen molar-refractivity contribution >= 4 is 0 Å². The molecule has 2 aromatic rings. The SMILES string of the molecule is COc1ccccc1-c1c(C)[c]c(C)cc1C(F)(C(F)(F)F)C(F)(F)F. The molecule has 0 saturated heterocycles. The van der Waals surface area contributed by atoms with E-state index in [4.69, 9.17) is 4.74 Å². The van der Waals surface area contributed by atoms with Crippen LogP contribution >= 0.6 is 0 Å². The van der Waals surface area contributed by atoms with Gasteiger partial charge in [0.2, 0.25) is 0 Å². The van der Waals surface area contributed by atoms with Gasteiger partial charge in [-0.1, -0.05) is 24.3 Å². The van der Waals surface area contributed by atoms with E-state index in [2.05, 4.69) is 6.07 Å². The summed E-state index contributed by atoms with van der Waals surface area (Å²) in [7, 11) is 1.21. The lowest BCUT2D eigenvalue weighted by atomic mass is 9.83. The first kappa shape index (κ1) is 20.1. The molecular formula is C18H14F7O. The predicted octanol–water partition coefficient (Wildman–Crippen LogP) is 6.07. The Balaban J connectivity index is 2.98. The third kappa shape index (κ3) is 3.12. The Bertz CT molecular complexity index is 792. The smallest absolute Gasteiger partial charge is 0.435 e. The summed E-state index contributed by atoms with van der Waals surface area (Å²) < 4.78 is 99.5. The highest BCUT2D eigenvalue weighted by atomic mass is 19.4. The number of benzene rings is 2. The zero-order valence-electron chi connectivity index (χ0n) is 13.9. The van der Waals surface area contributed by atoms with Crippen LogP contribution in [0.25, 0.3) is 11.1 Å². The van der Waals surface area contributed by atoms with E-state index < -0.39 is 29.1 Å². The van der Waals surface area contributed by atoms with Crippen molar-refractivity contribution in [1.29, 1.82) is 0 Å². The summed E-state index contributed by atoms with van der Waals surface area (Å²) in [6.45, 7) is 2.51. The van der Waals surface area contributed by atoms with E-state index in [0.717, 1.165) is 0 Å². The van der Waals surface area contributed by atoms with Crippen LogP contribution in [0.15, 0.2) is 30.3 Å². The third-order valence-corrected chi connectivity index (χ3v) is 3.92. The standard InChI is InChI=1S/C18H14F7O/c1-10-8-11(2)15(12-6-4-5-7-14(12)26-3)13(9-10)16(19,17(20,21)22)18(23,24)25/h4-7,9H,1-3H3. The highest BCUT2D eigenvalue weighted by Crippen LogP contribution is 2.56. The van der Waals surface area contributed by atoms with Crippen molar-refractivity contribution < 1.29 is 35.5 Å². The van der Waals surface area contributed by atoms with E-state index >= 15 is 0 Å². The van der Waals surface area contributed by atoms with Crippen molar-refractivity contribution in [2.75, 3.05) is 7.11 Å². The van der Waals surface area contributed by atoms with Crippen molar-refractivity contribution in [3.05, 3.63) is 53.1 Å². The number of hydrogen-bond donors (Lipinski definition) is 0. The molecule has 0 unspecified atom stereocenters. The molecule has 0 atom stereocenters. The van der Waals surface area contributed by atoms with E-state index in [0.29, 0.717) is 6.07 Å². The maximum absolute atomic E-state index is 14.8. The van der Waals surface area contributed by atoms with Gasteiger partial charge in [0, 0.05) is 11.1 Å². The fraction of sp³-hybridized carbons (Fsp3) is 0.333. The lowest BCUT2D eigenvalue weighted by Gasteiger charge is -2.33. The van der Waals surface area contributed by atoms with Gasteiger partial charge < -0.3 is 4.74 Å². The normalized spacial score (nSPS) is 13.0. The van der Waals surface area contributed by atoms with Crippen LogP contribution in [0.1, 0.15) is 16.7 Å². The Labute approximate surface area is 145 Å². The number of halogens is 7. The number of alkyl halides is 7. The fourth-order valence-electron chi connectivity index (χ4n) is 2.82. The van der Waals surface area contributed by atoms with E-state index in [1.807, 2.05) is 0 Å². The number of methoxy groups -OCH3 is 1. The molecule has 0 spiro atoms. The minimum atomic E-state index is -6.21. The van der Waals surface area contributed by atoms with Crippen molar-refractivity contribution in [2.45, 2.75) is 31.9 Å². The predicted molar refractivity (Wildman–Crippen MR) is 81.6 cm³/mol. The van der Waals surface area contributed by atoms with Crippen LogP contribution in [-0.4, -0.2) is 19.5 Å². The third-order valence-electron chi connectivity index (χ3n) is 3.92. The van der Waals surface area contributed by atoms with Gasteiger partial charge in [0.05, 0.1) is 7.11 Å². The number of aryl methyl sites for hydroxylation is 2. The molecule has 2 rings (SSSR count). The Hall–Kier alpha value is -2.25. The van der Waals surface area contributed by atoms with Crippen LogP contribution in [0.4, 0.5) is 30.7 Å². The van der Waals surface area contributed by atoms with E-state index in [1.165, 1.54) is 45.2 Å². The molecule has 2 aromatic carbocycles. The average Bonchev–Trinajstić information content (AvgIpc) is 2.51. The quantitative estimate of drug-likeness (QED) is 0.589. The zero-order valence-corrected chi connectivity index (χ0v) is 13.9. The van der Waals surface area contributed by atoms with Crippen LogP contribution in [0, 0.1) is 19.9 Å². The Kier molecular flexibility index (Phi) is 5.00. The lowest BCUT2D eigenvalue weighted by Crippen LogP contribution is -2.50. The molecule has 26 heavy (non-hydrogen) atoms.